The van der Waals surface area contributed by atoms with E-state index in [9.17, 15) is 9.59 Å². The number of hydrogen-bond acceptors (Lipinski definition) is 4. The van der Waals surface area contributed by atoms with E-state index in [0.29, 0.717) is 17.0 Å². The number of anilines is 1. The van der Waals surface area contributed by atoms with Crippen LogP contribution in [0.15, 0.2) is 79.1 Å². The Bertz CT molecular complexity index is 1020. The topological polar surface area (TPSA) is 80.3 Å². The third kappa shape index (κ3) is 5.52. The lowest BCUT2D eigenvalue weighted by atomic mass is 10.1. The van der Waals surface area contributed by atoms with Crippen molar-refractivity contribution in [1.29, 1.82) is 0 Å². The number of ether oxygens (including phenoxy) is 1. The number of benzene rings is 2. The maximum absolute atomic E-state index is 12.4. The van der Waals surface area contributed by atoms with Crippen molar-refractivity contribution in [1.82, 2.24) is 10.3 Å². The molecule has 0 aliphatic heterocycles. The van der Waals surface area contributed by atoms with E-state index in [1.165, 1.54) is 12.3 Å². The van der Waals surface area contributed by atoms with Crippen molar-refractivity contribution in [3.63, 3.8) is 0 Å². The van der Waals surface area contributed by atoms with Crippen LogP contribution in [0.3, 0.4) is 0 Å². The fourth-order valence-corrected chi connectivity index (χ4v) is 2.72. The van der Waals surface area contributed by atoms with E-state index < -0.39 is 0 Å². The standard InChI is InChI=1S/C23H21N3O3/c1-29-21-11-5-3-7-17(21)12-13-22(27)26-20-10-4-2-8-18(20)16-25-23(28)19-9-6-14-24-15-19/h2-15H,16H2,1H3,(H,25,28)(H,26,27)/b13-12+. The minimum atomic E-state index is -0.276. The summed E-state index contributed by atoms with van der Waals surface area (Å²) in [5, 5.41) is 5.69. The van der Waals surface area contributed by atoms with E-state index in [2.05, 4.69) is 15.6 Å². The average Bonchev–Trinajstić information content (AvgIpc) is 2.77. The van der Waals surface area contributed by atoms with Gasteiger partial charge in [0.25, 0.3) is 5.91 Å². The highest BCUT2D eigenvalue weighted by Crippen LogP contribution is 2.19. The lowest BCUT2D eigenvalue weighted by Gasteiger charge is -2.11. The molecule has 0 saturated carbocycles. The number of aromatic nitrogens is 1. The van der Waals surface area contributed by atoms with Gasteiger partial charge in [0.2, 0.25) is 5.91 Å². The summed E-state index contributed by atoms with van der Waals surface area (Å²) in [7, 11) is 1.59. The summed E-state index contributed by atoms with van der Waals surface area (Å²) in [6, 6.07) is 18.2. The maximum Gasteiger partial charge on any atom is 0.253 e. The summed E-state index contributed by atoms with van der Waals surface area (Å²) in [5.74, 6) is 0.187. The van der Waals surface area contributed by atoms with Gasteiger partial charge in [0.15, 0.2) is 0 Å². The first kappa shape index (κ1) is 19.8. The minimum Gasteiger partial charge on any atom is -0.496 e. The fraction of sp³-hybridized carbons (Fsp3) is 0.0870. The molecule has 2 amide bonds. The highest BCUT2D eigenvalue weighted by molar-refractivity contribution is 6.02. The smallest absolute Gasteiger partial charge is 0.253 e. The zero-order chi connectivity index (χ0) is 20.5. The van der Waals surface area contributed by atoms with Crippen LogP contribution in [-0.2, 0) is 11.3 Å². The number of para-hydroxylation sites is 2. The van der Waals surface area contributed by atoms with Crippen LogP contribution in [-0.4, -0.2) is 23.9 Å². The highest BCUT2D eigenvalue weighted by Gasteiger charge is 2.08. The quantitative estimate of drug-likeness (QED) is 0.606. The molecule has 0 aliphatic rings. The second kappa shape index (κ2) is 9.85. The van der Waals surface area contributed by atoms with Gasteiger partial charge in [0.1, 0.15) is 5.75 Å². The first-order valence-corrected chi connectivity index (χ1v) is 9.05. The lowest BCUT2D eigenvalue weighted by molar-refractivity contribution is -0.111. The summed E-state index contributed by atoms with van der Waals surface area (Å²) >= 11 is 0. The van der Waals surface area contributed by atoms with Crippen molar-refractivity contribution in [3.8, 4) is 5.75 Å². The summed E-state index contributed by atoms with van der Waals surface area (Å²) in [6.07, 6.45) is 6.26. The molecule has 2 N–H and O–H groups in total. The van der Waals surface area contributed by atoms with Crippen LogP contribution in [0.1, 0.15) is 21.5 Å². The van der Waals surface area contributed by atoms with Crippen molar-refractivity contribution in [2.75, 3.05) is 12.4 Å². The molecule has 29 heavy (non-hydrogen) atoms. The predicted molar refractivity (Wildman–Crippen MR) is 113 cm³/mol. The molecule has 3 aromatic rings. The lowest BCUT2D eigenvalue weighted by Crippen LogP contribution is -2.23. The molecule has 0 atom stereocenters. The van der Waals surface area contributed by atoms with Gasteiger partial charge in [-0.1, -0.05) is 36.4 Å². The van der Waals surface area contributed by atoms with Crippen LogP contribution in [0, 0.1) is 0 Å². The van der Waals surface area contributed by atoms with Crippen molar-refractivity contribution in [3.05, 3.63) is 95.8 Å². The van der Waals surface area contributed by atoms with E-state index in [4.69, 9.17) is 4.74 Å². The zero-order valence-electron chi connectivity index (χ0n) is 16.0. The number of amides is 2. The molecule has 0 aliphatic carbocycles. The van der Waals surface area contributed by atoms with Crippen LogP contribution >= 0.6 is 0 Å². The number of pyridine rings is 1. The molecule has 0 spiro atoms. The summed E-state index contributed by atoms with van der Waals surface area (Å²) in [6.45, 7) is 0.278. The molecular weight excluding hydrogens is 366 g/mol. The minimum absolute atomic E-state index is 0.227. The number of hydrogen-bond donors (Lipinski definition) is 2. The second-order valence-electron chi connectivity index (χ2n) is 6.15. The molecule has 6 nitrogen and oxygen atoms in total. The highest BCUT2D eigenvalue weighted by atomic mass is 16.5. The third-order valence-corrected chi connectivity index (χ3v) is 4.19. The summed E-state index contributed by atoms with van der Waals surface area (Å²) in [4.78, 5) is 28.5. The van der Waals surface area contributed by atoms with Crippen LogP contribution < -0.4 is 15.4 Å². The van der Waals surface area contributed by atoms with Gasteiger partial charge < -0.3 is 15.4 Å². The molecule has 1 aromatic heterocycles. The van der Waals surface area contributed by atoms with Gasteiger partial charge in [0, 0.05) is 36.3 Å². The van der Waals surface area contributed by atoms with E-state index in [1.54, 1.807) is 37.6 Å². The number of carbonyl (C=O) groups is 2. The fourth-order valence-electron chi connectivity index (χ4n) is 2.72. The van der Waals surface area contributed by atoms with Gasteiger partial charge in [-0.2, -0.15) is 0 Å². The van der Waals surface area contributed by atoms with Crippen molar-refractivity contribution in [2.24, 2.45) is 0 Å². The van der Waals surface area contributed by atoms with Gasteiger partial charge in [-0.3, -0.25) is 14.6 Å². The molecule has 2 aromatic carbocycles. The van der Waals surface area contributed by atoms with Crippen LogP contribution in [0.2, 0.25) is 0 Å². The number of rotatable bonds is 7. The van der Waals surface area contributed by atoms with Gasteiger partial charge in [-0.05, 0) is 35.9 Å². The Balaban J connectivity index is 1.65. The Morgan fingerprint density at radius 1 is 1.03 bits per heavy atom. The Kier molecular flexibility index (Phi) is 6.73. The zero-order valence-corrected chi connectivity index (χ0v) is 16.0. The Hall–Kier alpha value is -3.93. The molecule has 0 unspecified atom stereocenters. The first-order chi connectivity index (χ1) is 14.2. The van der Waals surface area contributed by atoms with Crippen LogP contribution in [0.25, 0.3) is 6.08 Å². The Morgan fingerprint density at radius 3 is 2.62 bits per heavy atom. The monoisotopic (exact) mass is 387 g/mol. The van der Waals surface area contributed by atoms with Gasteiger partial charge in [-0.15, -0.1) is 0 Å². The van der Waals surface area contributed by atoms with Crippen LogP contribution in [0.4, 0.5) is 5.69 Å². The normalized spacial score (nSPS) is 10.5. The largest absolute Gasteiger partial charge is 0.496 e. The Labute approximate surface area is 169 Å². The number of nitrogens with one attached hydrogen (secondary N) is 2. The van der Waals surface area contributed by atoms with E-state index >= 15 is 0 Å². The van der Waals surface area contributed by atoms with E-state index in [0.717, 1.165) is 11.1 Å². The van der Waals surface area contributed by atoms with Crippen molar-refractivity contribution >= 4 is 23.6 Å². The Morgan fingerprint density at radius 2 is 1.83 bits per heavy atom. The van der Waals surface area contributed by atoms with Crippen LogP contribution in [0.5, 0.6) is 5.75 Å². The predicted octanol–water partition coefficient (Wildman–Crippen LogP) is 3.67. The number of methoxy groups -OCH3 is 1. The van der Waals surface area contributed by atoms with Crippen molar-refractivity contribution in [2.45, 2.75) is 6.54 Å². The molecule has 3 rings (SSSR count). The van der Waals surface area contributed by atoms with E-state index in [1.807, 2.05) is 42.5 Å². The first-order valence-electron chi connectivity index (χ1n) is 9.05. The third-order valence-electron chi connectivity index (χ3n) is 4.19. The summed E-state index contributed by atoms with van der Waals surface area (Å²) in [5.41, 5.74) is 2.72. The number of nitrogens with zero attached hydrogens (tertiary/aromatic N) is 1. The molecule has 6 heteroatoms. The molecule has 0 fully saturated rings. The molecule has 1 heterocycles. The molecular formula is C23H21N3O3. The SMILES string of the molecule is COc1ccccc1/C=C/C(=O)Nc1ccccc1CNC(=O)c1cccnc1. The molecule has 0 saturated heterocycles. The van der Waals surface area contributed by atoms with Gasteiger partial charge in [0.05, 0.1) is 12.7 Å². The molecule has 0 radical (unpaired) electrons. The second-order valence-corrected chi connectivity index (χ2v) is 6.15. The van der Waals surface area contributed by atoms with E-state index in [-0.39, 0.29) is 18.4 Å². The van der Waals surface area contributed by atoms with Gasteiger partial charge >= 0.3 is 0 Å². The van der Waals surface area contributed by atoms with Gasteiger partial charge in [-0.25, -0.2) is 0 Å². The summed E-state index contributed by atoms with van der Waals surface area (Å²) < 4.78 is 5.28. The number of carbonyl (C=O) groups excluding carboxylic acids is 2. The maximum atomic E-state index is 12.4. The molecule has 146 valence electrons. The van der Waals surface area contributed by atoms with Crippen molar-refractivity contribution < 1.29 is 14.3 Å². The average molecular weight is 387 g/mol. The molecule has 0 bridgehead atoms.